The van der Waals surface area contributed by atoms with E-state index in [1.165, 1.54) is 0 Å². The number of amides is 1. The first-order valence-corrected chi connectivity index (χ1v) is 12.2. The Hall–Kier alpha value is -3.16. The Bertz CT molecular complexity index is 1190. The molecule has 1 amide bonds. The number of rotatable bonds is 7. The second-order valence-electron chi connectivity index (χ2n) is 8.13. The summed E-state index contributed by atoms with van der Waals surface area (Å²) in [6, 6.07) is 22.1. The fourth-order valence-electron chi connectivity index (χ4n) is 3.95. The number of hydrogen-bond acceptors (Lipinski definition) is 4. The van der Waals surface area contributed by atoms with E-state index >= 15 is 0 Å². The van der Waals surface area contributed by atoms with Crippen LogP contribution in [0.1, 0.15) is 42.0 Å². The molecule has 0 fully saturated rings. The number of carbonyl (C=O) groups is 1. The van der Waals surface area contributed by atoms with Crippen molar-refractivity contribution >= 4 is 15.9 Å². The Morgan fingerprint density at radius 1 is 0.875 bits per heavy atom. The molecule has 0 bridgehead atoms. The highest BCUT2D eigenvalue weighted by Crippen LogP contribution is 2.43. The molecule has 1 aliphatic heterocycles. The molecule has 0 spiro atoms. The average Bonchev–Trinajstić information content (AvgIpc) is 2.75. The normalized spacial score (nSPS) is 13.2. The fraction of sp³-hybridized carbons (Fsp3) is 0.240. The Kier molecular flexibility index (Phi) is 6.30. The highest BCUT2D eigenvalue weighted by molar-refractivity contribution is 7.88. The van der Waals surface area contributed by atoms with E-state index < -0.39 is 15.9 Å². The SMILES string of the molecule is CC(C)NS(=O)(=O)Cc1ccccc1CNC(=O)C1c2ccccc2Oc2ccccc21. The van der Waals surface area contributed by atoms with Crippen molar-refractivity contribution in [2.24, 2.45) is 0 Å². The minimum atomic E-state index is -3.47. The van der Waals surface area contributed by atoms with Gasteiger partial charge < -0.3 is 10.1 Å². The van der Waals surface area contributed by atoms with Gasteiger partial charge in [-0.2, -0.15) is 0 Å². The summed E-state index contributed by atoms with van der Waals surface area (Å²) in [6.45, 7) is 3.80. The van der Waals surface area contributed by atoms with Gasteiger partial charge in [-0.05, 0) is 37.1 Å². The smallest absolute Gasteiger partial charge is 0.232 e. The molecule has 2 N–H and O–H groups in total. The molecule has 3 aromatic carbocycles. The first-order chi connectivity index (χ1) is 15.3. The van der Waals surface area contributed by atoms with Gasteiger partial charge in [-0.1, -0.05) is 60.7 Å². The summed E-state index contributed by atoms with van der Waals surface area (Å²) in [6.07, 6.45) is 0. The lowest BCUT2D eigenvalue weighted by Crippen LogP contribution is -2.33. The van der Waals surface area contributed by atoms with Crippen LogP contribution in [0.4, 0.5) is 0 Å². The van der Waals surface area contributed by atoms with Gasteiger partial charge >= 0.3 is 0 Å². The van der Waals surface area contributed by atoms with Crippen LogP contribution in [0, 0.1) is 0 Å². The Morgan fingerprint density at radius 3 is 2.00 bits per heavy atom. The van der Waals surface area contributed by atoms with Crippen LogP contribution in [0.25, 0.3) is 0 Å². The van der Waals surface area contributed by atoms with Gasteiger partial charge in [0.2, 0.25) is 15.9 Å². The molecule has 0 aromatic heterocycles. The molecular weight excluding hydrogens is 424 g/mol. The zero-order valence-electron chi connectivity index (χ0n) is 18.0. The van der Waals surface area contributed by atoms with Crippen molar-refractivity contribution in [1.82, 2.24) is 10.0 Å². The Labute approximate surface area is 188 Å². The van der Waals surface area contributed by atoms with Crippen LogP contribution in [0.2, 0.25) is 0 Å². The van der Waals surface area contributed by atoms with Crippen LogP contribution in [-0.4, -0.2) is 20.4 Å². The van der Waals surface area contributed by atoms with Gasteiger partial charge in [0, 0.05) is 23.7 Å². The number of carbonyl (C=O) groups excluding carboxylic acids is 1. The lowest BCUT2D eigenvalue weighted by Gasteiger charge is -2.27. The van der Waals surface area contributed by atoms with Gasteiger partial charge in [0.25, 0.3) is 0 Å². The van der Waals surface area contributed by atoms with Crippen molar-refractivity contribution in [2.75, 3.05) is 0 Å². The second kappa shape index (κ2) is 9.14. The number of para-hydroxylation sites is 2. The molecule has 1 aliphatic rings. The molecule has 3 aromatic rings. The summed E-state index contributed by atoms with van der Waals surface area (Å²) >= 11 is 0. The zero-order chi connectivity index (χ0) is 22.7. The largest absolute Gasteiger partial charge is 0.457 e. The third kappa shape index (κ3) is 4.84. The Balaban J connectivity index is 1.56. The molecule has 7 heteroatoms. The monoisotopic (exact) mass is 450 g/mol. The van der Waals surface area contributed by atoms with Crippen molar-refractivity contribution in [2.45, 2.75) is 38.1 Å². The molecule has 0 atom stereocenters. The van der Waals surface area contributed by atoms with Gasteiger partial charge in [0.15, 0.2) is 0 Å². The zero-order valence-corrected chi connectivity index (χ0v) is 18.9. The van der Waals surface area contributed by atoms with Crippen LogP contribution in [0.3, 0.4) is 0 Å². The maximum Gasteiger partial charge on any atom is 0.232 e. The van der Waals surface area contributed by atoms with Crippen LogP contribution in [-0.2, 0) is 27.1 Å². The van der Waals surface area contributed by atoms with Crippen molar-refractivity contribution < 1.29 is 17.9 Å². The van der Waals surface area contributed by atoms with E-state index in [1.807, 2.05) is 60.7 Å². The molecule has 0 unspecified atom stereocenters. The first-order valence-electron chi connectivity index (χ1n) is 10.5. The van der Waals surface area contributed by atoms with Crippen LogP contribution in [0.15, 0.2) is 72.8 Å². The summed E-state index contributed by atoms with van der Waals surface area (Å²) < 4.78 is 33.4. The van der Waals surface area contributed by atoms with Crippen LogP contribution >= 0.6 is 0 Å². The maximum atomic E-state index is 13.3. The average molecular weight is 451 g/mol. The van der Waals surface area contributed by atoms with E-state index in [4.69, 9.17) is 4.74 Å². The molecule has 166 valence electrons. The third-order valence-electron chi connectivity index (χ3n) is 5.27. The maximum absolute atomic E-state index is 13.3. The predicted molar refractivity (Wildman–Crippen MR) is 124 cm³/mol. The minimum Gasteiger partial charge on any atom is -0.457 e. The molecule has 6 nitrogen and oxygen atoms in total. The van der Waals surface area contributed by atoms with Gasteiger partial charge in [-0.3, -0.25) is 4.79 Å². The van der Waals surface area contributed by atoms with Crippen LogP contribution in [0.5, 0.6) is 11.5 Å². The van der Waals surface area contributed by atoms with Gasteiger partial charge in [0.1, 0.15) is 11.5 Å². The molecule has 1 heterocycles. The molecule has 0 saturated carbocycles. The van der Waals surface area contributed by atoms with Crippen molar-refractivity contribution in [1.29, 1.82) is 0 Å². The molecule has 0 aliphatic carbocycles. The summed E-state index contributed by atoms with van der Waals surface area (Å²) in [4.78, 5) is 13.3. The van der Waals surface area contributed by atoms with E-state index in [1.54, 1.807) is 26.0 Å². The molecule has 0 saturated heterocycles. The number of nitrogens with one attached hydrogen (secondary N) is 2. The summed E-state index contributed by atoms with van der Waals surface area (Å²) in [5.41, 5.74) is 3.04. The number of benzene rings is 3. The van der Waals surface area contributed by atoms with Crippen LogP contribution < -0.4 is 14.8 Å². The summed E-state index contributed by atoms with van der Waals surface area (Å²) in [5, 5.41) is 3.01. The lowest BCUT2D eigenvalue weighted by molar-refractivity contribution is -0.122. The molecule has 4 rings (SSSR count). The molecule has 32 heavy (non-hydrogen) atoms. The summed E-state index contributed by atoms with van der Waals surface area (Å²) in [5.74, 6) is 0.524. The third-order valence-corrected chi connectivity index (χ3v) is 6.80. The standard InChI is InChI=1S/C25H26N2O4S/c1-17(2)27-32(29,30)16-19-10-4-3-9-18(19)15-26-25(28)24-20-11-5-7-13-22(20)31-23-14-8-6-12-21(23)24/h3-14,17,24,27H,15-16H2,1-2H3,(H,26,28). The number of fused-ring (bicyclic) bond motifs is 2. The van der Waals surface area contributed by atoms with Gasteiger partial charge in [-0.15, -0.1) is 0 Å². The van der Waals surface area contributed by atoms with Gasteiger partial charge in [0.05, 0.1) is 11.7 Å². The quantitative estimate of drug-likeness (QED) is 0.568. The fourth-order valence-corrected chi connectivity index (χ4v) is 5.45. The van der Waals surface area contributed by atoms with Crippen molar-refractivity contribution in [3.63, 3.8) is 0 Å². The van der Waals surface area contributed by atoms with Crippen molar-refractivity contribution in [3.05, 3.63) is 95.1 Å². The first kappa shape index (κ1) is 22.0. The lowest BCUT2D eigenvalue weighted by atomic mass is 9.87. The van der Waals surface area contributed by atoms with Crippen molar-refractivity contribution in [3.8, 4) is 11.5 Å². The minimum absolute atomic E-state index is 0.139. The Morgan fingerprint density at radius 2 is 1.41 bits per heavy atom. The number of hydrogen-bond donors (Lipinski definition) is 2. The van der Waals surface area contributed by atoms with E-state index in [9.17, 15) is 13.2 Å². The summed E-state index contributed by atoms with van der Waals surface area (Å²) in [7, 11) is -3.47. The molecular formula is C25H26N2O4S. The van der Waals surface area contributed by atoms with E-state index in [2.05, 4.69) is 10.0 Å². The van der Waals surface area contributed by atoms with E-state index in [0.29, 0.717) is 17.1 Å². The number of ether oxygens (including phenoxy) is 1. The van der Waals surface area contributed by atoms with Gasteiger partial charge in [-0.25, -0.2) is 13.1 Å². The molecule has 0 radical (unpaired) electrons. The predicted octanol–water partition coefficient (Wildman–Crippen LogP) is 4.07. The second-order valence-corrected chi connectivity index (χ2v) is 9.88. The number of sulfonamides is 1. The van der Waals surface area contributed by atoms with E-state index in [0.717, 1.165) is 16.7 Å². The van der Waals surface area contributed by atoms with E-state index in [-0.39, 0.29) is 24.2 Å². The highest BCUT2D eigenvalue weighted by Gasteiger charge is 2.32. The topological polar surface area (TPSA) is 84.5 Å². The highest BCUT2D eigenvalue weighted by atomic mass is 32.2.